The maximum atomic E-state index is 11.7. The van der Waals surface area contributed by atoms with E-state index in [2.05, 4.69) is 10.7 Å². The van der Waals surface area contributed by atoms with Crippen LogP contribution in [0.3, 0.4) is 0 Å². The van der Waals surface area contributed by atoms with E-state index in [1.54, 1.807) is 11.3 Å². The van der Waals surface area contributed by atoms with Gasteiger partial charge in [0.05, 0.1) is 12.2 Å². The second-order valence-corrected chi connectivity index (χ2v) is 4.84. The molecule has 1 spiro atoms. The summed E-state index contributed by atoms with van der Waals surface area (Å²) in [6.07, 6.45) is 0.908. The first-order valence-corrected chi connectivity index (χ1v) is 5.60. The minimum atomic E-state index is -0.189. The van der Waals surface area contributed by atoms with Gasteiger partial charge in [0.1, 0.15) is 5.54 Å². The molecule has 1 N–H and O–H groups in total. The normalized spacial score (nSPS) is 29.6. The first kappa shape index (κ1) is 8.44. The summed E-state index contributed by atoms with van der Waals surface area (Å²) in [5.74, 6) is 0.0734. The predicted molar refractivity (Wildman–Crippen MR) is 53.6 cm³/mol. The van der Waals surface area contributed by atoms with E-state index in [1.807, 2.05) is 6.92 Å². The summed E-state index contributed by atoms with van der Waals surface area (Å²) in [4.78, 5) is 12.9. The SMILES string of the molecule is Cc1csc2c1C(=O)NC21CCOC1. The molecule has 1 atom stereocenters. The minimum Gasteiger partial charge on any atom is -0.379 e. The Morgan fingerprint density at radius 2 is 2.50 bits per heavy atom. The summed E-state index contributed by atoms with van der Waals surface area (Å²) < 4.78 is 5.39. The number of rotatable bonds is 0. The zero-order valence-corrected chi connectivity index (χ0v) is 8.74. The van der Waals surface area contributed by atoms with Crippen molar-refractivity contribution in [3.8, 4) is 0 Å². The topological polar surface area (TPSA) is 38.3 Å². The average Bonchev–Trinajstić information content (AvgIpc) is 2.77. The number of amides is 1. The van der Waals surface area contributed by atoms with Gasteiger partial charge in [0, 0.05) is 17.9 Å². The van der Waals surface area contributed by atoms with Crippen LogP contribution in [0.25, 0.3) is 0 Å². The van der Waals surface area contributed by atoms with Gasteiger partial charge in [-0.2, -0.15) is 0 Å². The highest BCUT2D eigenvalue weighted by molar-refractivity contribution is 7.10. The van der Waals surface area contributed by atoms with E-state index in [1.165, 1.54) is 4.88 Å². The van der Waals surface area contributed by atoms with Crippen molar-refractivity contribution in [1.82, 2.24) is 5.32 Å². The van der Waals surface area contributed by atoms with Crippen molar-refractivity contribution >= 4 is 17.2 Å². The molecular formula is C10H11NO2S. The minimum absolute atomic E-state index is 0.0734. The third-order valence-corrected chi connectivity index (χ3v) is 4.31. The van der Waals surface area contributed by atoms with Gasteiger partial charge in [-0.05, 0) is 17.9 Å². The number of hydrogen-bond donors (Lipinski definition) is 1. The molecule has 1 aromatic rings. The highest BCUT2D eigenvalue weighted by atomic mass is 32.1. The quantitative estimate of drug-likeness (QED) is 0.701. The van der Waals surface area contributed by atoms with Gasteiger partial charge < -0.3 is 10.1 Å². The first-order chi connectivity index (χ1) is 6.73. The maximum Gasteiger partial charge on any atom is 0.253 e. The van der Waals surface area contributed by atoms with Crippen molar-refractivity contribution in [2.75, 3.05) is 13.2 Å². The van der Waals surface area contributed by atoms with Gasteiger partial charge in [0.2, 0.25) is 0 Å². The van der Waals surface area contributed by atoms with Crippen LogP contribution in [0.2, 0.25) is 0 Å². The molecule has 0 aromatic carbocycles. The van der Waals surface area contributed by atoms with Crippen LogP contribution in [-0.4, -0.2) is 19.1 Å². The van der Waals surface area contributed by atoms with E-state index < -0.39 is 0 Å². The Labute approximate surface area is 86.1 Å². The number of hydrogen-bond acceptors (Lipinski definition) is 3. The molecule has 0 bridgehead atoms. The van der Waals surface area contributed by atoms with Gasteiger partial charge in [-0.1, -0.05) is 0 Å². The van der Waals surface area contributed by atoms with Crippen molar-refractivity contribution in [3.63, 3.8) is 0 Å². The molecule has 0 radical (unpaired) electrons. The summed E-state index contributed by atoms with van der Waals surface area (Å²) in [6.45, 7) is 3.37. The van der Waals surface area contributed by atoms with Crippen molar-refractivity contribution in [2.45, 2.75) is 18.9 Å². The average molecular weight is 209 g/mol. The van der Waals surface area contributed by atoms with Gasteiger partial charge in [-0.15, -0.1) is 11.3 Å². The summed E-state index contributed by atoms with van der Waals surface area (Å²) in [6, 6.07) is 0. The smallest absolute Gasteiger partial charge is 0.253 e. The molecule has 1 saturated heterocycles. The van der Waals surface area contributed by atoms with Crippen molar-refractivity contribution in [2.24, 2.45) is 0 Å². The first-order valence-electron chi connectivity index (χ1n) is 4.72. The number of fused-ring (bicyclic) bond motifs is 2. The standard InChI is InChI=1S/C10H11NO2S/c1-6-4-14-8-7(6)9(12)11-10(8)2-3-13-5-10/h4H,2-3,5H2,1H3,(H,11,12). The largest absolute Gasteiger partial charge is 0.379 e. The third kappa shape index (κ3) is 0.875. The van der Waals surface area contributed by atoms with Gasteiger partial charge in [0.15, 0.2) is 0 Å². The number of carbonyl (C=O) groups excluding carboxylic acids is 1. The third-order valence-electron chi connectivity index (χ3n) is 3.01. The molecule has 2 aliphatic heterocycles. The lowest BCUT2D eigenvalue weighted by Crippen LogP contribution is -2.39. The van der Waals surface area contributed by atoms with Gasteiger partial charge in [-0.3, -0.25) is 4.79 Å². The monoisotopic (exact) mass is 209 g/mol. The molecule has 4 heteroatoms. The summed E-state index contributed by atoms with van der Waals surface area (Å²) in [5.41, 5.74) is 1.79. The molecule has 2 aliphatic rings. The van der Waals surface area contributed by atoms with Crippen LogP contribution in [-0.2, 0) is 10.3 Å². The van der Waals surface area contributed by atoms with Crippen LogP contribution >= 0.6 is 11.3 Å². The van der Waals surface area contributed by atoms with Crippen molar-refractivity contribution < 1.29 is 9.53 Å². The van der Waals surface area contributed by atoms with E-state index in [4.69, 9.17) is 4.74 Å². The van der Waals surface area contributed by atoms with E-state index in [0.717, 1.165) is 24.2 Å². The molecule has 3 heterocycles. The number of ether oxygens (including phenoxy) is 1. The van der Waals surface area contributed by atoms with Crippen LogP contribution in [0.4, 0.5) is 0 Å². The molecule has 74 valence electrons. The van der Waals surface area contributed by atoms with Crippen LogP contribution in [0, 0.1) is 6.92 Å². The lowest BCUT2D eigenvalue weighted by molar-refractivity contribution is 0.0915. The zero-order chi connectivity index (χ0) is 9.76. The second-order valence-electron chi connectivity index (χ2n) is 3.96. The van der Waals surface area contributed by atoms with Crippen LogP contribution in [0.1, 0.15) is 27.2 Å². The number of carbonyl (C=O) groups is 1. The molecular weight excluding hydrogens is 198 g/mol. The molecule has 1 unspecified atom stereocenters. The molecule has 0 aliphatic carbocycles. The highest BCUT2D eigenvalue weighted by Gasteiger charge is 2.47. The molecule has 1 amide bonds. The molecule has 1 fully saturated rings. The Morgan fingerprint density at radius 1 is 1.64 bits per heavy atom. The van der Waals surface area contributed by atoms with E-state index in [0.29, 0.717) is 6.61 Å². The number of nitrogens with one attached hydrogen (secondary N) is 1. The molecule has 3 nitrogen and oxygen atoms in total. The van der Waals surface area contributed by atoms with Gasteiger partial charge in [0.25, 0.3) is 5.91 Å². The van der Waals surface area contributed by atoms with Crippen LogP contribution in [0.5, 0.6) is 0 Å². The van der Waals surface area contributed by atoms with E-state index in [9.17, 15) is 4.79 Å². The Balaban J connectivity index is 2.18. The van der Waals surface area contributed by atoms with E-state index >= 15 is 0 Å². The predicted octanol–water partition coefficient (Wildman–Crippen LogP) is 1.42. The van der Waals surface area contributed by atoms with Crippen LogP contribution < -0.4 is 5.32 Å². The summed E-state index contributed by atoms with van der Waals surface area (Å²) in [5, 5.41) is 5.12. The fourth-order valence-electron chi connectivity index (χ4n) is 2.26. The van der Waals surface area contributed by atoms with Gasteiger partial charge in [-0.25, -0.2) is 0 Å². The Morgan fingerprint density at radius 3 is 3.21 bits per heavy atom. The maximum absolute atomic E-state index is 11.7. The van der Waals surface area contributed by atoms with Crippen molar-refractivity contribution in [1.29, 1.82) is 0 Å². The van der Waals surface area contributed by atoms with Crippen molar-refractivity contribution in [3.05, 3.63) is 21.4 Å². The second kappa shape index (κ2) is 2.58. The molecule has 0 saturated carbocycles. The highest BCUT2D eigenvalue weighted by Crippen LogP contribution is 2.42. The Bertz CT molecular complexity index is 404. The Kier molecular flexibility index (Phi) is 1.56. The lowest BCUT2D eigenvalue weighted by Gasteiger charge is -2.20. The molecule has 14 heavy (non-hydrogen) atoms. The van der Waals surface area contributed by atoms with E-state index in [-0.39, 0.29) is 11.4 Å². The fourth-order valence-corrected chi connectivity index (χ4v) is 3.48. The number of thiophene rings is 1. The molecule has 1 aromatic heterocycles. The zero-order valence-electron chi connectivity index (χ0n) is 7.92. The molecule has 3 rings (SSSR count). The number of aryl methyl sites for hydroxylation is 1. The van der Waals surface area contributed by atoms with Crippen LogP contribution in [0.15, 0.2) is 5.38 Å². The Hall–Kier alpha value is -0.870. The van der Waals surface area contributed by atoms with Gasteiger partial charge >= 0.3 is 0 Å². The summed E-state index contributed by atoms with van der Waals surface area (Å²) >= 11 is 1.68. The fraction of sp³-hybridized carbons (Fsp3) is 0.500. The lowest BCUT2D eigenvalue weighted by atomic mass is 9.97. The summed E-state index contributed by atoms with van der Waals surface area (Å²) in [7, 11) is 0.